The van der Waals surface area contributed by atoms with Crippen molar-refractivity contribution in [1.82, 2.24) is 30.2 Å². The van der Waals surface area contributed by atoms with E-state index in [2.05, 4.69) is 25.3 Å². The molecule has 10 heteroatoms. The van der Waals surface area contributed by atoms with Crippen LogP contribution < -0.4 is 16.6 Å². The van der Waals surface area contributed by atoms with Crippen molar-refractivity contribution in [2.45, 2.75) is 25.4 Å². The number of amides is 1. The van der Waals surface area contributed by atoms with Gasteiger partial charge in [-0.25, -0.2) is 14.6 Å². The number of nitrogens with zero attached hydrogens (tertiary/aromatic N) is 2. The van der Waals surface area contributed by atoms with Gasteiger partial charge in [0.2, 0.25) is 0 Å². The summed E-state index contributed by atoms with van der Waals surface area (Å²) >= 11 is 0. The number of aromatic nitrogens is 4. The molecule has 3 rings (SSSR count). The molecule has 0 saturated carbocycles. The Morgan fingerprint density at radius 2 is 2.09 bits per heavy atom. The number of hydrogen-bond acceptors (Lipinski definition) is 5. The molecule has 3 heterocycles. The van der Waals surface area contributed by atoms with Gasteiger partial charge >= 0.3 is 11.8 Å². The third-order valence-electron chi connectivity index (χ3n) is 4.29. The first kappa shape index (κ1) is 14.3. The van der Waals surface area contributed by atoms with Gasteiger partial charge < -0.3 is 15.4 Å². The number of piperazine rings is 1. The van der Waals surface area contributed by atoms with Crippen LogP contribution in [0.2, 0.25) is 0 Å². The largest absolute Gasteiger partial charge is 0.465 e. The number of carbonyl (C=O) groups is 1. The Kier molecular flexibility index (Phi) is 3.06. The second kappa shape index (κ2) is 4.70. The number of carboxylic acid groups (broad SMARTS) is 1. The molecule has 1 aliphatic heterocycles. The van der Waals surface area contributed by atoms with E-state index in [-0.39, 0.29) is 17.2 Å². The number of rotatable bonds is 1. The lowest BCUT2D eigenvalue weighted by molar-refractivity contribution is 0.0350. The molecule has 0 aromatic carbocycles. The molecule has 10 nitrogen and oxygen atoms in total. The summed E-state index contributed by atoms with van der Waals surface area (Å²) in [7, 11) is 0. The number of imidazole rings is 1. The molecule has 0 spiro atoms. The average molecular weight is 308 g/mol. The van der Waals surface area contributed by atoms with Gasteiger partial charge in [-0.15, -0.1) is 0 Å². The maximum Gasteiger partial charge on any atom is 0.408 e. The first-order valence-corrected chi connectivity index (χ1v) is 6.80. The van der Waals surface area contributed by atoms with E-state index in [0.29, 0.717) is 18.9 Å². The standard InChI is InChI=1S/C12H16N6O4/c1-5-12(2,18(11(21)22)4-3-13-5)9-14-6-7(15-9)16-10(20)17-8(6)19/h5,13H,3-4H2,1-2H3,(H,21,22)(H3,14,15,16,17,19,20). The molecule has 22 heavy (non-hydrogen) atoms. The highest BCUT2D eigenvalue weighted by atomic mass is 16.4. The van der Waals surface area contributed by atoms with Gasteiger partial charge in [0.15, 0.2) is 5.65 Å². The van der Waals surface area contributed by atoms with Gasteiger partial charge in [-0.1, -0.05) is 0 Å². The van der Waals surface area contributed by atoms with Crippen LogP contribution in [-0.4, -0.2) is 55.2 Å². The van der Waals surface area contributed by atoms with Gasteiger partial charge in [-0.3, -0.25) is 19.7 Å². The summed E-state index contributed by atoms with van der Waals surface area (Å²) in [6.07, 6.45) is -1.07. The van der Waals surface area contributed by atoms with Crippen molar-refractivity contribution in [2.24, 2.45) is 0 Å². The SMILES string of the molecule is CC1NCCN(C(=O)O)C1(C)c1nc2[nH]c(=O)[nH]c(=O)c2[nH]1. The Bertz CT molecular complexity index is 851. The summed E-state index contributed by atoms with van der Waals surface area (Å²) < 4.78 is 0. The van der Waals surface area contributed by atoms with Crippen molar-refractivity contribution in [1.29, 1.82) is 0 Å². The highest BCUT2D eigenvalue weighted by Crippen LogP contribution is 2.32. The van der Waals surface area contributed by atoms with Gasteiger partial charge in [-0.05, 0) is 13.8 Å². The minimum absolute atomic E-state index is 0.105. The zero-order valence-corrected chi connectivity index (χ0v) is 12.1. The maximum atomic E-state index is 11.8. The topological polar surface area (TPSA) is 147 Å². The van der Waals surface area contributed by atoms with Gasteiger partial charge in [0.1, 0.15) is 16.9 Å². The highest BCUT2D eigenvalue weighted by molar-refractivity contribution is 5.70. The first-order valence-electron chi connectivity index (χ1n) is 6.80. The average Bonchev–Trinajstić information content (AvgIpc) is 2.86. The minimum Gasteiger partial charge on any atom is -0.465 e. The van der Waals surface area contributed by atoms with Gasteiger partial charge in [-0.2, -0.15) is 0 Å². The summed E-state index contributed by atoms with van der Waals surface area (Å²) in [6, 6.07) is -0.233. The van der Waals surface area contributed by atoms with Crippen molar-refractivity contribution in [3.05, 3.63) is 26.7 Å². The predicted octanol–water partition coefficient (Wildman–Crippen LogP) is -0.874. The Morgan fingerprint density at radius 1 is 1.36 bits per heavy atom. The summed E-state index contributed by atoms with van der Waals surface area (Å²) in [5.41, 5.74) is -2.04. The molecule has 1 saturated heterocycles. The molecule has 1 aliphatic rings. The number of fused-ring (bicyclic) bond motifs is 1. The molecular formula is C12H16N6O4. The Balaban J connectivity index is 2.22. The zero-order valence-electron chi connectivity index (χ0n) is 12.1. The lowest BCUT2D eigenvalue weighted by Gasteiger charge is -2.46. The maximum absolute atomic E-state index is 11.8. The van der Waals surface area contributed by atoms with Crippen LogP contribution in [0.5, 0.6) is 0 Å². The molecule has 2 atom stereocenters. The van der Waals surface area contributed by atoms with E-state index in [0.717, 1.165) is 0 Å². The van der Waals surface area contributed by atoms with E-state index in [9.17, 15) is 19.5 Å². The Labute approximate surface area is 123 Å². The molecule has 2 aromatic heterocycles. The molecule has 118 valence electrons. The smallest absolute Gasteiger partial charge is 0.408 e. The monoisotopic (exact) mass is 308 g/mol. The first-order chi connectivity index (χ1) is 10.3. The van der Waals surface area contributed by atoms with E-state index < -0.39 is 22.9 Å². The molecule has 0 radical (unpaired) electrons. The fourth-order valence-electron chi connectivity index (χ4n) is 2.86. The van der Waals surface area contributed by atoms with Crippen molar-refractivity contribution in [2.75, 3.05) is 13.1 Å². The second-order valence-corrected chi connectivity index (χ2v) is 5.47. The van der Waals surface area contributed by atoms with E-state index >= 15 is 0 Å². The van der Waals surface area contributed by atoms with Crippen molar-refractivity contribution >= 4 is 17.3 Å². The zero-order chi connectivity index (χ0) is 16.1. The number of aromatic amines is 3. The molecule has 0 aliphatic carbocycles. The van der Waals surface area contributed by atoms with E-state index in [4.69, 9.17) is 0 Å². The fourth-order valence-corrected chi connectivity index (χ4v) is 2.86. The highest BCUT2D eigenvalue weighted by Gasteiger charge is 2.46. The minimum atomic E-state index is -1.07. The summed E-state index contributed by atoms with van der Waals surface area (Å²) in [6.45, 7) is 4.39. The number of nitrogens with one attached hydrogen (secondary N) is 4. The van der Waals surface area contributed by atoms with Crippen LogP contribution in [0.15, 0.2) is 9.59 Å². The van der Waals surface area contributed by atoms with Crippen LogP contribution in [-0.2, 0) is 5.54 Å². The predicted molar refractivity (Wildman–Crippen MR) is 76.9 cm³/mol. The van der Waals surface area contributed by atoms with Crippen LogP contribution in [0.4, 0.5) is 4.79 Å². The van der Waals surface area contributed by atoms with Crippen molar-refractivity contribution < 1.29 is 9.90 Å². The molecule has 1 amide bonds. The molecular weight excluding hydrogens is 292 g/mol. The van der Waals surface area contributed by atoms with Crippen LogP contribution >= 0.6 is 0 Å². The van der Waals surface area contributed by atoms with Crippen LogP contribution in [0.25, 0.3) is 11.2 Å². The van der Waals surface area contributed by atoms with Gasteiger partial charge in [0, 0.05) is 19.1 Å². The number of H-pyrrole nitrogens is 3. The second-order valence-electron chi connectivity index (χ2n) is 5.47. The molecule has 0 bridgehead atoms. The van der Waals surface area contributed by atoms with Gasteiger partial charge in [0.25, 0.3) is 5.56 Å². The third-order valence-corrected chi connectivity index (χ3v) is 4.29. The van der Waals surface area contributed by atoms with Crippen molar-refractivity contribution in [3.63, 3.8) is 0 Å². The molecule has 1 fully saturated rings. The van der Waals surface area contributed by atoms with E-state index in [1.165, 1.54) is 4.90 Å². The molecule has 2 unspecified atom stereocenters. The number of hydrogen-bond donors (Lipinski definition) is 5. The summed E-state index contributed by atoms with van der Waals surface area (Å²) in [5, 5.41) is 12.7. The quantitative estimate of drug-likeness (QED) is 0.462. The Hall–Kier alpha value is -2.62. The molecule has 5 N–H and O–H groups in total. The van der Waals surface area contributed by atoms with Gasteiger partial charge in [0.05, 0.1) is 0 Å². The van der Waals surface area contributed by atoms with Crippen LogP contribution in [0, 0.1) is 0 Å². The third kappa shape index (κ3) is 1.91. The van der Waals surface area contributed by atoms with Crippen LogP contribution in [0.3, 0.4) is 0 Å². The van der Waals surface area contributed by atoms with Crippen molar-refractivity contribution in [3.8, 4) is 0 Å². The van der Waals surface area contributed by atoms with E-state index in [1.54, 1.807) is 6.92 Å². The normalized spacial score (nSPS) is 25.5. The lowest BCUT2D eigenvalue weighted by Crippen LogP contribution is -2.64. The fraction of sp³-hybridized carbons (Fsp3) is 0.500. The summed E-state index contributed by atoms with van der Waals surface area (Å²) in [5.74, 6) is 0.303. The Morgan fingerprint density at radius 3 is 2.77 bits per heavy atom. The van der Waals surface area contributed by atoms with E-state index in [1.807, 2.05) is 6.92 Å². The molecule has 2 aromatic rings. The summed E-state index contributed by atoms with van der Waals surface area (Å²) in [4.78, 5) is 47.6. The van der Waals surface area contributed by atoms with Crippen LogP contribution in [0.1, 0.15) is 19.7 Å². The lowest BCUT2D eigenvalue weighted by atomic mass is 9.88.